The Hall–Kier alpha value is -1.65. The molecular formula is C14H11BrClN3. The Morgan fingerprint density at radius 3 is 2.58 bits per heavy atom. The summed E-state index contributed by atoms with van der Waals surface area (Å²) in [6.07, 6.45) is 1.75. The van der Waals surface area contributed by atoms with E-state index in [-0.39, 0.29) is 12.4 Å². The normalized spacial score (nSPS) is 10.2. The number of hydrogen-bond donors (Lipinski definition) is 1. The third kappa shape index (κ3) is 2.69. The van der Waals surface area contributed by atoms with Crippen LogP contribution < -0.4 is 5.73 Å². The number of fused-ring (bicyclic) bond motifs is 1. The molecule has 0 bridgehead atoms. The van der Waals surface area contributed by atoms with Crippen LogP contribution in [0.1, 0.15) is 0 Å². The van der Waals surface area contributed by atoms with Crippen molar-refractivity contribution < 1.29 is 0 Å². The second-order valence-corrected chi connectivity index (χ2v) is 4.89. The molecule has 19 heavy (non-hydrogen) atoms. The van der Waals surface area contributed by atoms with Crippen LogP contribution in [-0.2, 0) is 0 Å². The van der Waals surface area contributed by atoms with Crippen molar-refractivity contribution >= 4 is 44.9 Å². The van der Waals surface area contributed by atoms with Gasteiger partial charge in [0.15, 0.2) is 0 Å². The molecule has 0 saturated carbocycles. The third-order valence-electron chi connectivity index (χ3n) is 2.75. The Morgan fingerprint density at radius 2 is 1.84 bits per heavy atom. The molecular weight excluding hydrogens is 326 g/mol. The van der Waals surface area contributed by atoms with Crippen LogP contribution >= 0.6 is 28.3 Å². The number of anilines is 1. The van der Waals surface area contributed by atoms with Gasteiger partial charge in [-0.2, -0.15) is 0 Å². The lowest BCUT2D eigenvalue weighted by Crippen LogP contribution is -1.95. The van der Waals surface area contributed by atoms with Crippen molar-refractivity contribution in [2.75, 3.05) is 5.73 Å². The van der Waals surface area contributed by atoms with Gasteiger partial charge in [0.05, 0.1) is 11.4 Å². The number of benzene rings is 1. The van der Waals surface area contributed by atoms with Gasteiger partial charge in [0.25, 0.3) is 0 Å². The first-order valence-electron chi connectivity index (χ1n) is 5.51. The summed E-state index contributed by atoms with van der Waals surface area (Å²) in [4.78, 5) is 8.69. The highest BCUT2D eigenvalue weighted by atomic mass is 79.9. The van der Waals surface area contributed by atoms with Gasteiger partial charge in [-0.05, 0) is 41.8 Å². The first-order valence-corrected chi connectivity index (χ1v) is 6.30. The predicted molar refractivity (Wildman–Crippen MR) is 84.3 cm³/mol. The molecule has 1 aromatic carbocycles. The van der Waals surface area contributed by atoms with E-state index in [1.165, 1.54) is 0 Å². The quantitative estimate of drug-likeness (QED) is 0.729. The molecule has 0 atom stereocenters. The Morgan fingerprint density at radius 1 is 1.00 bits per heavy atom. The summed E-state index contributed by atoms with van der Waals surface area (Å²) >= 11 is 3.46. The summed E-state index contributed by atoms with van der Waals surface area (Å²) in [5.41, 5.74) is 7.61. The number of pyridine rings is 2. The van der Waals surface area contributed by atoms with Gasteiger partial charge in [-0.25, -0.2) is 4.98 Å². The average Bonchev–Trinajstić information content (AvgIpc) is 2.39. The van der Waals surface area contributed by atoms with E-state index >= 15 is 0 Å². The molecule has 0 amide bonds. The fraction of sp³-hybridized carbons (Fsp3) is 0. The molecule has 0 fully saturated rings. The number of nitrogen functional groups attached to an aromatic ring is 1. The minimum Gasteiger partial charge on any atom is -0.383 e. The minimum absolute atomic E-state index is 0. The highest BCUT2D eigenvalue weighted by Crippen LogP contribution is 2.27. The van der Waals surface area contributed by atoms with Crippen molar-refractivity contribution in [3.05, 3.63) is 53.1 Å². The standard InChI is InChI=1S/C14H10BrN3.ClH/c15-10-4-5-11-9(7-10)8-13(18-14(11)16)12-3-1-2-6-17-12;/h1-8H,(H2,16,18);1H. The first kappa shape index (κ1) is 13.8. The highest BCUT2D eigenvalue weighted by Gasteiger charge is 2.06. The molecule has 3 rings (SSSR count). The Balaban J connectivity index is 0.00000133. The predicted octanol–water partition coefficient (Wildman–Crippen LogP) is 4.06. The summed E-state index contributed by atoms with van der Waals surface area (Å²) in [5, 5.41) is 2.01. The second-order valence-electron chi connectivity index (χ2n) is 3.97. The van der Waals surface area contributed by atoms with Crippen molar-refractivity contribution in [1.29, 1.82) is 0 Å². The van der Waals surface area contributed by atoms with E-state index in [0.717, 1.165) is 26.6 Å². The Bertz CT molecular complexity index is 716. The molecule has 3 aromatic rings. The number of halogens is 2. The van der Waals surface area contributed by atoms with Gasteiger partial charge in [0.1, 0.15) is 5.82 Å². The largest absolute Gasteiger partial charge is 0.383 e. The third-order valence-corrected chi connectivity index (χ3v) is 3.24. The maximum Gasteiger partial charge on any atom is 0.132 e. The van der Waals surface area contributed by atoms with Gasteiger partial charge in [-0.3, -0.25) is 4.98 Å². The van der Waals surface area contributed by atoms with E-state index in [1.54, 1.807) is 6.20 Å². The lowest BCUT2D eigenvalue weighted by molar-refractivity contribution is 1.26. The van der Waals surface area contributed by atoms with Crippen LogP contribution in [0, 0.1) is 0 Å². The molecule has 2 aromatic heterocycles. The Kier molecular flexibility index (Phi) is 4.02. The van der Waals surface area contributed by atoms with Gasteiger partial charge >= 0.3 is 0 Å². The van der Waals surface area contributed by atoms with Crippen LogP contribution in [0.25, 0.3) is 22.2 Å². The van der Waals surface area contributed by atoms with E-state index in [4.69, 9.17) is 5.73 Å². The van der Waals surface area contributed by atoms with Crippen LogP contribution in [0.3, 0.4) is 0 Å². The number of nitrogens with two attached hydrogens (primary N) is 1. The number of nitrogens with zero attached hydrogens (tertiary/aromatic N) is 2. The lowest BCUT2D eigenvalue weighted by atomic mass is 10.1. The van der Waals surface area contributed by atoms with E-state index < -0.39 is 0 Å². The van der Waals surface area contributed by atoms with Crippen LogP contribution in [0.15, 0.2) is 53.1 Å². The van der Waals surface area contributed by atoms with Gasteiger partial charge in [0, 0.05) is 16.1 Å². The second kappa shape index (κ2) is 5.55. The first-order chi connectivity index (χ1) is 8.74. The molecule has 0 aliphatic heterocycles. The van der Waals surface area contributed by atoms with E-state index in [0.29, 0.717) is 5.82 Å². The molecule has 3 nitrogen and oxygen atoms in total. The van der Waals surface area contributed by atoms with Crippen molar-refractivity contribution in [1.82, 2.24) is 9.97 Å². The summed E-state index contributed by atoms with van der Waals surface area (Å²) in [7, 11) is 0. The molecule has 0 spiro atoms. The van der Waals surface area contributed by atoms with Gasteiger partial charge < -0.3 is 5.73 Å². The van der Waals surface area contributed by atoms with Crippen LogP contribution in [0.2, 0.25) is 0 Å². The maximum atomic E-state index is 5.99. The summed E-state index contributed by atoms with van der Waals surface area (Å²) in [6, 6.07) is 13.7. The summed E-state index contributed by atoms with van der Waals surface area (Å²) < 4.78 is 1.02. The van der Waals surface area contributed by atoms with Crippen LogP contribution in [0.5, 0.6) is 0 Å². The zero-order chi connectivity index (χ0) is 12.5. The fourth-order valence-corrected chi connectivity index (χ4v) is 2.28. The molecule has 0 radical (unpaired) electrons. The lowest BCUT2D eigenvalue weighted by Gasteiger charge is -2.06. The maximum absolute atomic E-state index is 5.99. The van der Waals surface area contributed by atoms with Crippen molar-refractivity contribution in [3.8, 4) is 11.4 Å². The molecule has 0 aliphatic rings. The molecule has 2 N–H and O–H groups in total. The van der Waals surface area contributed by atoms with Crippen molar-refractivity contribution in [2.24, 2.45) is 0 Å². The van der Waals surface area contributed by atoms with E-state index in [1.807, 2.05) is 42.5 Å². The van der Waals surface area contributed by atoms with Gasteiger partial charge in [0.2, 0.25) is 0 Å². The van der Waals surface area contributed by atoms with Crippen LogP contribution in [-0.4, -0.2) is 9.97 Å². The molecule has 96 valence electrons. The van der Waals surface area contributed by atoms with E-state index in [9.17, 15) is 0 Å². The topological polar surface area (TPSA) is 51.8 Å². The van der Waals surface area contributed by atoms with Gasteiger partial charge in [-0.15, -0.1) is 12.4 Å². The summed E-state index contributed by atoms with van der Waals surface area (Å²) in [5.74, 6) is 0.528. The zero-order valence-electron chi connectivity index (χ0n) is 9.88. The van der Waals surface area contributed by atoms with Gasteiger partial charge in [-0.1, -0.05) is 22.0 Å². The van der Waals surface area contributed by atoms with Crippen LogP contribution in [0.4, 0.5) is 5.82 Å². The number of aromatic nitrogens is 2. The molecule has 0 saturated heterocycles. The van der Waals surface area contributed by atoms with Crippen molar-refractivity contribution in [2.45, 2.75) is 0 Å². The number of hydrogen-bond acceptors (Lipinski definition) is 3. The molecule has 5 heteroatoms. The number of rotatable bonds is 1. The zero-order valence-corrected chi connectivity index (χ0v) is 12.3. The SMILES string of the molecule is Cl.Nc1nc(-c2ccccn2)cc2cc(Br)ccc12. The average molecular weight is 337 g/mol. The molecule has 0 aliphatic carbocycles. The van der Waals surface area contributed by atoms with Crippen molar-refractivity contribution in [3.63, 3.8) is 0 Å². The molecule has 2 heterocycles. The summed E-state index contributed by atoms with van der Waals surface area (Å²) in [6.45, 7) is 0. The smallest absolute Gasteiger partial charge is 0.132 e. The fourth-order valence-electron chi connectivity index (χ4n) is 1.90. The minimum atomic E-state index is 0. The highest BCUT2D eigenvalue weighted by molar-refractivity contribution is 9.10. The van der Waals surface area contributed by atoms with E-state index in [2.05, 4.69) is 25.9 Å². The Labute approximate surface area is 125 Å². The monoisotopic (exact) mass is 335 g/mol. The molecule has 0 unspecified atom stereocenters.